The Morgan fingerprint density at radius 3 is 2.88 bits per heavy atom. The van der Waals surface area contributed by atoms with Gasteiger partial charge < -0.3 is 15.2 Å². The molecule has 0 aliphatic carbocycles. The number of anilines is 1. The number of fused-ring (bicyclic) bond motifs is 1. The molecule has 0 radical (unpaired) electrons. The first kappa shape index (κ1) is 22.7. The number of carbonyl (C=O) groups is 1. The maximum Gasteiger partial charge on any atom is 0.387 e. The third-order valence-electron chi connectivity index (χ3n) is 4.72. The molecule has 0 unspecified atom stereocenters. The van der Waals surface area contributed by atoms with Crippen LogP contribution in [0, 0.1) is 0 Å². The zero-order valence-corrected chi connectivity index (χ0v) is 18.5. The van der Waals surface area contributed by atoms with Crippen molar-refractivity contribution in [2.75, 3.05) is 5.32 Å². The number of amides is 1. The standard InChI is InChI=1S/C21H20F2N6O3S/c1-11(30)6-12-7-13(18(16(33)8-12)32-21(22)23)17-15(10-28(2)27-17)26-20(31)14-9-25-29-5-3-4-24-19(14)29/h3-5,7-11,21,30,33H,6H2,1-2H3,(H,26,31)/t11-/m1/s1. The monoisotopic (exact) mass is 474 g/mol. The topological polar surface area (TPSA) is 107 Å². The first-order valence-electron chi connectivity index (χ1n) is 9.85. The molecule has 0 bridgehead atoms. The molecule has 0 saturated carbocycles. The van der Waals surface area contributed by atoms with Gasteiger partial charge in [-0.15, -0.1) is 12.6 Å². The van der Waals surface area contributed by atoms with Gasteiger partial charge in [0.15, 0.2) is 5.65 Å². The lowest BCUT2D eigenvalue weighted by Gasteiger charge is -2.16. The fourth-order valence-electron chi connectivity index (χ4n) is 3.48. The molecule has 3 aromatic heterocycles. The lowest BCUT2D eigenvalue weighted by molar-refractivity contribution is -0.0512. The Kier molecular flexibility index (Phi) is 6.29. The minimum atomic E-state index is -3.09. The van der Waals surface area contributed by atoms with E-state index in [4.69, 9.17) is 4.74 Å². The summed E-state index contributed by atoms with van der Waals surface area (Å²) in [5.74, 6) is -0.685. The predicted octanol–water partition coefficient (Wildman–Crippen LogP) is 3.20. The number of thiol groups is 1. The Morgan fingerprint density at radius 2 is 2.15 bits per heavy atom. The quantitative estimate of drug-likeness (QED) is 0.355. The third-order valence-corrected chi connectivity index (χ3v) is 5.06. The Hall–Kier alpha value is -3.51. The van der Waals surface area contributed by atoms with Crippen LogP contribution in [0.2, 0.25) is 0 Å². The average molecular weight is 474 g/mol. The van der Waals surface area contributed by atoms with Crippen molar-refractivity contribution in [3.05, 3.63) is 54.1 Å². The minimum Gasteiger partial charge on any atom is -0.433 e. The smallest absolute Gasteiger partial charge is 0.387 e. The van der Waals surface area contributed by atoms with E-state index in [0.717, 1.165) is 0 Å². The number of ether oxygens (including phenoxy) is 1. The van der Waals surface area contributed by atoms with E-state index in [9.17, 15) is 18.7 Å². The molecule has 4 aromatic rings. The summed E-state index contributed by atoms with van der Waals surface area (Å²) in [5.41, 5.74) is 1.90. The molecule has 2 N–H and O–H groups in total. The molecule has 0 saturated heterocycles. The molecule has 0 spiro atoms. The number of carbonyl (C=O) groups excluding carboxylic acids is 1. The number of aliphatic hydroxyl groups excluding tert-OH is 1. The number of nitrogens with zero attached hydrogens (tertiary/aromatic N) is 5. The zero-order valence-electron chi connectivity index (χ0n) is 17.6. The third kappa shape index (κ3) is 4.81. The number of aromatic nitrogens is 5. The number of alkyl halides is 2. The fourth-order valence-corrected chi connectivity index (χ4v) is 3.81. The minimum absolute atomic E-state index is 0.151. The predicted molar refractivity (Wildman–Crippen MR) is 119 cm³/mol. The number of aryl methyl sites for hydroxylation is 1. The molecule has 33 heavy (non-hydrogen) atoms. The zero-order chi connectivity index (χ0) is 23.7. The summed E-state index contributed by atoms with van der Waals surface area (Å²) in [4.78, 5) is 17.3. The van der Waals surface area contributed by atoms with Crippen LogP contribution in [0.3, 0.4) is 0 Å². The molecular formula is C21H20F2N6O3S. The summed E-state index contributed by atoms with van der Waals surface area (Å²) in [7, 11) is 1.63. The summed E-state index contributed by atoms with van der Waals surface area (Å²) in [6.45, 7) is -1.48. The van der Waals surface area contributed by atoms with E-state index < -0.39 is 18.6 Å². The number of benzene rings is 1. The molecule has 0 fully saturated rings. The Balaban J connectivity index is 1.77. The number of rotatable bonds is 7. The largest absolute Gasteiger partial charge is 0.433 e. The number of halogens is 2. The van der Waals surface area contributed by atoms with Crippen LogP contribution in [0.15, 0.2) is 47.9 Å². The number of hydrogen-bond donors (Lipinski definition) is 3. The molecule has 0 aliphatic rings. The SMILES string of the molecule is C[C@@H](O)Cc1cc(S)c(OC(F)F)c(-c2nn(C)cc2NC(=O)c2cnn3cccnc23)c1. The summed E-state index contributed by atoms with van der Waals surface area (Å²) >= 11 is 4.30. The van der Waals surface area contributed by atoms with Crippen molar-refractivity contribution in [3.8, 4) is 17.0 Å². The van der Waals surface area contributed by atoms with Crippen molar-refractivity contribution in [1.29, 1.82) is 0 Å². The van der Waals surface area contributed by atoms with E-state index in [1.54, 1.807) is 44.6 Å². The lowest BCUT2D eigenvalue weighted by atomic mass is 10.0. The van der Waals surface area contributed by atoms with Crippen LogP contribution in [0.1, 0.15) is 22.8 Å². The first-order valence-corrected chi connectivity index (χ1v) is 10.3. The molecule has 9 nitrogen and oxygen atoms in total. The van der Waals surface area contributed by atoms with Gasteiger partial charge in [-0.25, -0.2) is 9.50 Å². The Labute approximate surface area is 192 Å². The van der Waals surface area contributed by atoms with Crippen LogP contribution >= 0.6 is 12.6 Å². The lowest BCUT2D eigenvalue weighted by Crippen LogP contribution is -2.13. The van der Waals surface area contributed by atoms with Gasteiger partial charge >= 0.3 is 6.61 Å². The maximum absolute atomic E-state index is 13.1. The van der Waals surface area contributed by atoms with Crippen molar-refractivity contribution >= 4 is 29.9 Å². The second-order valence-corrected chi connectivity index (χ2v) is 7.87. The van der Waals surface area contributed by atoms with Crippen molar-refractivity contribution in [2.45, 2.75) is 31.0 Å². The summed E-state index contributed by atoms with van der Waals surface area (Å²) in [5, 5.41) is 21.0. The van der Waals surface area contributed by atoms with Gasteiger partial charge in [-0.3, -0.25) is 9.48 Å². The van der Waals surface area contributed by atoms with Gasteiger partial charge in [-0.2, -0.15) is 19.0 Å². The van der Waals surface area contributed by atoms with Gasteiger partial charge in [0.1, 0.15) is 17.0 Å². The van der Waals surface area contributed by atoms with E-state index in [0.29, 0.717) is 11.2 Å². The Morgan fingerprint density at radius 1 is 1.36 bits per heavy atom. The molecule has 4 rings (SSSR count). The fraction of sp³-hybridized carbons (Fsp3) is 0.238. The molecule has 0 aliphatic heterocycles. The highest BCUT2D eigenvalue weighted by molar-refractivity contribution is 7.80. The first-order chi connectivity index (χ1) is 15.7. The number of nitrogens with one attached hydrogen (secondary N) is 1. The van der Waals surface area contributed by atoms with Gasteiger partial charge in [-0.05, 0) is 37.1 Å². The van der Waals surface area contributed by atoms with Crippen molar-refractivity contribution in [2.24, 2.45) is 7.05 Å². The van der Waals surface area contributed by atoms with Crippen LogP contribution in [0.4, 0.5) is 14.5 Å². The highest BCUT2D eigenvalue weighted by Gasteiger charge is 2.23. The van der Waals surface area contributed by atoms with E-state index in [1.165, 1.54) is 21.6 Å². The highest BCUT2D eigenvalue weighted by atomic mass is 32.1. The summed E-state index contributed by atoms with van der Waals surface area (Å²) in [6, 6.07) is 4.81. The molecule has 3 heterocycles. The van der Waals surface area contributed by atoms with Gasteiger partial charge in [0.25, 0.3) is 5.91 Å². The van der Waals surface area contributed by atoms with Crippen LogP contribution in [-0.4, -0.2) is 48.1 Å². The van der Waals surface area contributed by atoms with Gasteiger partial charge in [-0.1, -0.05) is 0 Å². The average Bonchev–Trinajstić information content (AvgIpc) is 3.32. The van der Waals surface area contributed by atoms with Gasteiger partial charge in [0.05, 0.1) is 18.0 Å². The van der Waals surface area contributed by atoms with Crippen molar-refractivity contribution in [3.63, 3.8) is 0 Å². The molecule has 172 valence electrons. The van der Waals surface area contributed by atoms with Crippen molar-refractivity contribution < 1.29 is 23.4 Å². The number of hydrogen-bond acceptors (Lipinski definition) is 7. The second kappa shape index (κ2) is 9.16. The molecule has 12 heteroatoms. The number of aliphatic hydroxyl groups is 1. The summed E-state index contributed by atoms with van der Waals surface area (Å²) in [6.07, 6.45) is 5.71. The summed E-state index contributed by atoms with van der Waals surface area (Å²) < 4.78 is 33.9. The molecule has 1 atom stereocenters. The van der Waals surface area contributed by atoms with Crippen molar-refractivity contribution in [1.82, 2.24) is 24.4 Å². The molecule has 1 amide bonds. The van der Waals surface area contributed by atoms with E-state index >= 15 is 0 Å². The van der Waals surface area contributed by atoms with E-state index in [-0.39, 0.29) is 39.6 Å². The van der Waals surface area contributed by atoms with Crippen LogP contribution in [0.5, 0.6) is 5.75 Å². The van der Waals surface area contributed by atoms with E-state index in [1.807, 2.05) is 0 Å². The van der Waals surface area contributed by atoms with Gasteiger partial charge in [0.2, 0.25) is 0 Å². The molecular weight excluding hydrogens is 454 g/mol. The van der Waals surface area contributed by atoms with Crippen LogP contribution in [0.25, 0.3) is 16.9 Å². The van der Waals surface area contributed by atoms with Gasteiger partial charge in [0, 0.05) is 36.1 Å². The Bertz CT molecular complexity index is 1320. The normalized spacial score (nSPS) is 12.3. The molecule has 1 aromatic carbocycles. The maximum atomic E-state index is 13.1. The second-order valence-electron chi connectivity index (χ2n) is 7.39. The van der Waals surface area contributed by atoms with E-state index in [2.05, 4.69) is 33.1 Å². The van der Waals surface area contributed by atoms with Crippen LogP contribution in [-0.2, 0) is 13.5 Å². The van der Waals surface area contributed by atoms with Crippen LogP contribution < -0.4 is 10.1 Å². The highest BCUT2D eigenvalue weighted by Crippen LogP contribution is 2.40.